The SMILES string of the molecule is CC(=O)N/N=C/[C@@]1(C)[C@H](C(=O)O)N2C(=O)C[C@H]2S1(=O)=O.[Na]. The molecule has 11 heteroatoms. The van der Waals surface area contributed by atoms with Gasteiger partial charge in [0.15, 0.2) is 15.9 Å². The standard InChI is InChI=1S/C10H13N3O6S.Na/c1-5(14)12-11-4-10(2)8(9(16)17)13-6(15)3-7(13)20(10,18)19;/h4,7-8H,3H2,1-2H3,(H,12,14)(H,16,17);/b11-4+;/t7-,8+,10+;/m1./s1. The van der Waals surface area contributed by atoms with Gasteiger partial charge in [-0.25, -0.2) is 18.6 Å². The van der Waals surface area contributed by atoms with Crippen molar-refractivity contribution in [2.75, 3.05) is 0 Å². The van der Waals surface area contributed by atoms with E-state index in [4.69, 9.17) is 0 Å². The summed E-state index contributed by atoms with van der Waals surface area (Å²) in [5, 5.41) is 11.6. The number of β-lactam (4-membered cyclic amide) rings is 1. The molecule has 111 valence electrons. The first-order valence-electron chi connectivity index (χ1n) is 5.71. The van der Waals surface area contributed by atoms with E-state index in [9.17, 15) is 27.9 Å². The molecule has 3 atom stereocenters. The number of carboxylic acids is 1. The Kier molecular flexibility index (Phi) is 4.88. The Bertz CT molecular complexity index is 633. The van der Waals surface area contributed by atoms with E-state index in [0.717, 1.165) is 11.1 Å². The molecule has 0 aromatic carbocycles. The molecule has 1 radical (unpaired) electrons. The van der Waals surface area contributed by atoms with Crippen LogP contribution in [-0.2, 0) is 24.2 Å². The van der Waals surface area contributed by atoms with Gasteiger partial charge in [-0.2, -0.15) is 5.10 Å². The predicted molar refractivity (Wildman–Crippen MR) is 72.1 cm³/mol. The fourth-order valence-electron chi connectivity index (χ4n) is 2.46. The van der Waals surface area contributed by atoms with Gasteiger partial charge in [0.1, 0.15) is 10.1 Å². The number of amides is 2. The Hall–Kier alpha value is -0.970. The number of carbonyl (C=O) groups is 3. The van der Waals surface area contributed by atoms with Gasteiger partial charge in [-0.15, -0.1) is 0 Å². The maximum atomic E-state index is 12.4. The van der Waals surface area contributed by atoms with E-state index < -0.39 is 43.8 Å². The molecule has 9 nitrogen and oxygen atoms in total. The molecule has 2 aliphatic rings. The number of rotatable bonds is 3. The first kappa shape index (κ1) is 18.1. The van der Waals surface area contributed by atoms with Crippen molar-refractivity contribution in [3.63, 3.8) is 0 Å². The number of hydrazone groups is 1. The first-order valence-corrected chi connectivity index (χ1v) is 7.26. The molecule has 2 N–H and O–H groups in total. The average molecular weight is 326 g/mol. The fraction of sp³-hybridized carbons (Fsp3) is 0.600. The van der Waals surface area contributed by atoms with Crippen LogP contribution in [0, 0.1) is 0 Å². The van der Waals surface area contributed by atoms with Crippen molar-refractivity contribution in [1.29, 1.82) is 0 Å². The van der Waals surface area contributed by atoms with E-state index in [1.54, 1.807) is 0 Å². The monoisotopic (exact) mass is 326 g/mol. The van der Waals surface area contributed by atoms with Crippen molar-refractivity contribution in [2.45, 2.75) is 36.4 Å². The fourth-order valence-corrected chi connectivity index (χ4v) is 4.67. The molecule has 0 bridgehead atoms. The minimum absolute atomic E-state index is 0. The van der Waals surface area contributed by atoms with Gasteiger partial charge in [-0.1, -0.05) is 0 Å². The zero-order valence-corrected chi connectivity index (χ0v) is 14.5. The summed E-state index contributed by atoms with van der Waals surface area (Å²) in [6.07, 6.45) is 0.643. The Morgan fingerprint density at radius 3 is 2.52 bits per heavy atom. The van der Waals surface area contributed by atoms with E-state index in [-0.39, 0.29) is 36.0 Å². The third-order valence-electron chi connectivity index (χ3n) is 3.52. The first-order chi connectivity index (χ1) is 9.13. The molecule has 0 saturated carbocycles. The second-order valence-corrected chi connectivity index (χ2v) is 7.37. The van der Waals surface area contributed by atoms with E-state index in [1.807, 2.05) is 5.43 Å². The van der Waals surface area contributed by atoms with Crippen molar-refractivity contribution in [3.8, 4) is 0 Å². The predicted octanol–water partition coefficient (Wildman–Crippen LogP) is -2.07. The van der Waals surface area contributed by atoms with E-state index in [2.05, 4.69) is 5.10 Å². The molecule has 2 rings (SSSR count). The van der Waals surface area contributed by atoms with Crippen LogP contribution in [0.1, 0.15) is 20.3 Å². The number of carbonyl (C=O) groups excluding carboxylic acids is 2. The van der Waals surface area contributed by atoms with Gasteiger partial charge in [-0.3, -0.25) is 9.59 Å². The van der Waals surface area contributed by atoms with Crippen molar-refractivity contribution >= 4 is 63.4 Å². The second-order valence-electron chi connectivity index (χ2n) is 4.86. The van der Waals surface area contributed by atoms with Crippen LogP contribution < -0.4 is 5.43 Å². The van der Waals surface area contributed by atoms with E-state index in [0.29, 0.717) is 0 Å². The number of hydrogen-bond donors (Lipinski definition) is 2. The van der Waals surface area contributed by atoms with E-state index >= 15 is 0 Å². The molecule has 2 saturated heterocycles. The normalized spacial score (nSPS) is 33.0. The van der Waals surface area contributed by atoms with Crippen molar-refractivity contribution in [2.24, 2.45) is 5.10 Å². The third kappa shape index (κ3) is 2.50. The number of nitrogens with zero attached hydrogens (tertiary/aromatic N) is 2. The van der Waals surface area contributed by atoms with E-state index in [1.165, 1.54) is 13.8 Å². The third-order valence-corrected chi connectivity index (χ3v) is 6.18. The summed E-state index contributed by atoms with van der Waals surface area (Å²) in [5.74, 6) is -2.48. The van der Waals surface area contributed by atoms with Crippen molar-refractivity contribution < 1.29 is 27.9 Å². The molecule has 2 aliphatic heterocycles. The maximum Gasteiger partial charge on any atom is 0.328 e. The Morgan fingerprint density at radius 2 is 2.10 bits per heavy atom. The summed E-state index contributed by atoms with van der Waals surface area (Å²) in [4.78, 5) is 34.4. The zero-order chi connectivity index (χ0) is 15.3. The minimum atomic E-state index is -3.93. The molecule has 21 heavy (non-hydrogen) atoms. The quantitative estimate of drug-likeness (QED) is 0.265. The Morgan fingerprint density at radius 1 is 1.52 bits per heavy atom. The zero-order valence-electron chi connectivity index (χ0n) is 11.7. The van der Waals surface area contributed by atoms with Gasteiger partial charge in [0.05, 0.1) is 6.42 Å². The maximum absolute atomic E-state index is 12.4. The van der Waals surface area contributed by atoms with Crippen LogP contribution in [0.15, 0.2) is 5.10 Å². The van der Waals surface area contributed by atoms with Gasteiger partial charge in [0.25, 0.3) is 0 Å². The molecular formula is C10H13N3NaO6S. The van der Waals surface area contributed by atoms with Gasteiger partial charge < -0.3 is 10.0 Å². The van der Waals surface area contributed by atoms with Crippen molar-refractivity contribution in [3.05, 3.63) is 0 Å². The van der Waals surface area contributed by atoms with Gasteiger partial charge in [0, 0.05) is 42.7 Å². The van der Waals surface area contributed by atoms with Crippen LogP contribution >= 0.6 is 0 Å². The van der Waals surface area contributed by atoms with Crippen LogP contribution in [0.4, 0.5) is 0 Å². The number of carboxylic acid groups (broad SMARTS) is 1. The molecular weight excluding hydrogens is 313 g/mol. The largest absolute Gasteiger partial charge is 0.480 e. The summed E-state index contributed by atoms with van der Waals surface area (Å²) in [7, 11) is -3.93. The number of hydrogen-bond acceptors (Lipinski definition) is 6. The number of aliphatic carboxylic acids is 1. The van der Waals surface area contributed by atoms with Gasteiger partial charge in [-0.05, 0) is 6.92 Å². The smallest absolute Gasteiger partial charge is 0.328 e. The average Bonchev–Trinajstić information content (AvgIpc) is 2.43. The van der Waals surface area contributed by atoms with Crippen LogP contribution in [0.2, 0.25) is 0 Å². The molecule has 0 spiro atoms. The topological polar surface area (TPSA) is 133 Å². The summed E-state index contributed by atoms with van der Waals surface area (Å²) in [5.41, 5.74) is 2.03. The summed E-state index contributed by atoms with van der Waals surface area (Å²) >= 11 is 0. The number of sulfone groups is 1. The second kappa shape index (κ2) is 5.67. The van der Waals surface area contributed by atoms with Crippen LogP contribution in [0.5, 0.6) is 0 Å². The molecule has 0 aliphatic carbocycles. The van der Waals surface area contributed by atoms with Crippen LogP contribution in [0.25, 0.3) is 0 Å². The van der Waals surface area contributed by atoms with Crippen molar-refractivity contribution in [1.82, 2.24) is 10.3 Å². The summed E-state index contributed by atoms with van der Waals surface area (Å²) < 4.78 is 22.8. The summed E-state index contributed by atoms with van der Waals surface area (Å²) in [6.45, 7) is 2.35. The Labute approximate surface area is 143 Å². The summed E-state index contributed by atoms with van der Waals surface area (Å²) in [6, 6.07) is -1.55. The van der Waals surface area contributed by atoms with Gasteiger partial charge >= 0.3 is 5.97 Å². The Balaban J connectivity index is 0.00000220. The van der Waals surface area contributed by atoms with Crippen LogP contribution in [0.3, 0.4) is 0 Å². The number of fused-ring (bicyclic) bond motifs is 1. The molecule has 2 heterocycles. The molecule has 0 unspecified atom stereocenters. The number of nitrogens with one attached hydrogen (secondary N) is 1. The molecule has 0 aromatic rings. The minimum Gasteiger partial charge on any atom is -0.480 e. The molecule has 0 aromatic heterocycles. The van der Waals surface area contributed by atoms with Crippen LogP contribution in [-0.4, -0.2) is 88.1 Å². The van der Waals surface area contributed by atoms with Gasteiger partial charge in [0.2, 0.25) is 11.8 Å². The molecule has 2 fully saturated rings. The molecule has 2 amide bonds.